The van der Waals surface area contributed by atoms with Crippen LogP contribution in [0.2, 0.25) is 0 Å². The number of carbonyl (C=O) groups is 1. The summed E-state index contributed by atoms with van der Waals surface area (Å²) in [7, 11) is 0. The molecule has 3 heteroatoms. The lowest BCUT2D eigenvalue weighted by atomic mass is 9.71. The number of hydrogen-bond donors (Lipinski definition) is 1. The predicted molar refractivity (Wildman–Crippen MR) is 65.4 cm³/mol. The fourth-order valence-corrected chi connectivity index (χ4v) is 4.18. The first-order chi connectivity index (χ1) is 7.84. The van der Waals surface area contributed by atoms with E-state index in [-0.39, 0.29) is 22.9 Å². The van der Waals surface area contributed by atoms with Gasteiger partial charge in [-0.2, -0.15) is 0 Å². The Morgan fingerprint density at radius 3 is 2.59 bits per heavy atom. The second-order valence-electron chi connectivity index (χ2n) is 6.50. The van der Waals surface area contributed by atoms with E-state index in [2.05, 4.69) is 20.8 Å². The minimum absolute atomic E-state index is 0.0610. The molecule has 0 radical (unpaired) electrons. The van der Waals surface area contributed by atoms with Gasteiger partial charge in [-0.05, 0) is 37.0 Å². The first kappa shape index (κ1) is 12.9. The van der Waals surface area contributed by atoms with Gasteiger partial charge in [0.1, 0.15) is 0 Å². The largest absolute Gasteiger partial charge is 0.466 e. The molecular formula is C14H24O3. The van der Waals surface area contributed by atoms with E-state index in [1.165, 1.54) is 0 Å². The lowest BCUT2D eigenvalue weighted by Crippen LogP contribution is -2.33. The molecule has 1 unspecified atom stereocenters. The van der Waals surface area contributed by atoms with Gasteiger partial charge in [-0.3, -0.25) is 4.79 Å². The summed E-state index contributed by atoms with van der Waals surface area (Å²) in [6.45, 7) is 8.92. The quantitative estimate of drug-likeness (QED) is 0.770. The third kappa shape index (κ3) is 1.88. The number of hydrogen-bond acceptors (Lipinski definition) is 3. The Labute approximate surface area is 104 Å². The van der Waals surface area contributed by atoms with Gasteiger partial charge in [0.05, 0.1) is 12.7 Å². The molecule has 17 heavy (non-hydrogen) atoms. The Kier molecular flexibility index (Phi) is 3.01. The van der Waals surface area contributed by atoms with Crippen molar-refractivity contribution >= 4 is 5.97 Å². The van der Waals surface area contributed by atoms with Crippen molar-refractivity contribution in [3.63, 3.8) is 0 Å². The van der Waals surface area contributed by atoms with Crippen LogP contribution in [0.5, 0.6) is 0 Å². The molecule has 2 fully saturated rings. The van der Waals surface area contributed by atoms with Gasteiger partial charge in [-0.1, -0.05) is 20.8 Å². The third-order valence-corrected chi connectivity index (χ3v) is 5.08. The summed E-state index contributed by atoms with van der Waals surface area (Å²) < 4.78 is 5.03. The fraction of sp³-hybridized carbons (Fsp3) is 0.929. The van der Waals surface area contributed by atoms with E-state index in [1.807, 2.05) is 6.92 Å². The third-order valence-electron chi connectivity index (χ3n) is 5.08. The van der Waals surface area contributed by atoms with Crippen molar-refractivity contribution in [2.24, 2.45) is 22.7 Å². The zero-order valence-electron chi connectivity index (χ0n) is 11.3. The molecule has 2 rings (SSSR count). The number of fused-ring (bicyclic) bond motifs is 1. The van der Waals surface area contributed by atoms with Crippen LogP contribution in [0, 0.1) is 22.7 Å². The maximum atomic E-state index is 11.6. The van der Waals surface area contributed by atoms with Crippen LogP contribution in [-0.2, 0) is 9.53 Å². The van der Waals surface area contributed by atoms with E-state index in [0.29, 0.717) is 24.9 Å². The highest BCUT2D eigenvalue weighted by molar-refractivity contribution is 5.70. The number of aliphatic hydroxyl groups is 1. The number of carbonyl (C=O) groups excluding carboxylic acids is 1. The van der Waals surface area contributed by atoms with Crippen LogP contribution in [-0.4, -0.2) is 23.8 Å². The maximum Gasteiger partial charge on any atom is 0.306 e. The van der Waals surface area contributed by atoms with Crippen molar-refractivity contribution in [2.45, 2.75) is 53.1 Å². The van der Waals surface area contributed by atoms with Crippen molar-refractivity contribution in [3.05, 3.63) is 0 Å². The Hall–Kier alpha value is -0.570. The van der Waals surface area contributed by atoms with E-state index < -0.39 is 0 Å². The second kappa shape index (κ2) is 3.98. The van der Waals surface area contributed by atoms with E-state index >= 15 is 0 Å². The van der Waals surface area contributed by atoms with E-state index in [0.717, 1.165) is 12.8 Å². The molecule has 0 spiro atoms. The van der Waals surface area contributed by atoms with Gasteiger partial charge in [-0.15, -0.1) is 0 Å². The van der Waals surface area contributed by atoms with Crippen LogP contribution in [0.3, 0.4) is 0 Å². The molecule has 4 atom stereocenters. The molecule has 0 amide bonds. The first-order valence-corrected chi connectivity index (χ1v) is 6.67. The monoisotopic (exact) mass is 240 g/mol. The minimum atomic E-state index is -0.250. The summed E-state index contributed by atoms with van der Waals surface area (Å²) in [6, 6.07) is 0. The van der Waals surface area contributed by atoms with Gasteiger partial charge < -0.3 is 9.84 Å². The number of ether oxygens (including phenoxy) is 1. The van der Waals surface area contributed by atoms with Crippen molar-refractivity contribution < 1.29 is 14.6 Å². The fourth-order valence-electron chi connectivity index (χ4n) is 4.18. The average molecular weight is 240 g/mol. The van der Waals surface area contributed by atoms with E-state index in [1.54, 1.807) is 0 Å². The highest BCUT2D eigenvalue weighted by Gasteiger charge is 2.71. The molecule has 0 saturated heterocycles. The summed E-state index contributed by atoms with van der Waals surface area (Å²) in [4.78, 5) is 11.6. The van der Waals surface area contributed by atoms with E-state index in [9.17, 15) is 9.90 Å². The SMILES string of the molecule is CCOC(=O)C[C@H]1C2C(C)(C)CC[C@@H](O)[C@@]21C. The molecule has 0 bridgehead atoms. The smallest absolute Gasteiger partial charge is 0.306 e. The molecule has 2 aliphatic carbocycles. The molecule has 1 N–H and O–H groups in total. The lowest BCUT2D eigenvalue weighted by molar-refractivity contribution is -0.143. The Balaban J connectivity index is 2.08. The summed E-state index contributed by atoms with van der Waals surface area (Å²) in [5, 5.41) is 10.2. The molecule has 0 heterocycles. The highest BCUT2D eigenvalue weighted by atomic mass is 16.5. The second-order valence-corrected chi connectivity index (χ2v) is 6.50. The van der Waals surface area contributed by atoms with Gasteiger partial charge in [0.2, 0.25) is 0 Å². The highest BCUT2D eigenvalue weighted by Crippen LogP contribution is 2.72. The van der Waals surface area contributed by atoms with Crippen LogP contribution >= 0.6 is 0 Å². The van der Waals surface area contributed by atoms with Crippen LogP contribution in [0.1, 0.15) is 47.0 Å². The molecule has 3 nitrogen and oxygen atoms in total. The van der Waals surface area contributed by atoms with Crippen LogP contribution in [0.15, 0.2) is 0 Å². The summed E-state index contributed by atoms with van der Waals surface area (Å²) in [5.41, 5.74) is 0.180. The van der Waals surface area contributed by atoms with Gasteiger partial charge >= 0.3 is 5.97 Å². The molecule has 2 aliphatic rings. The zero-order valence-corrected chi connectivity index (χ0v) is 11.3. The van der Waals surface area contributed by atoms with Gasteiger partial charge in [0.15, 0.2) is 0 Å². The maximum absolute atomic E-state index is 11.6. The Morgan fingerprint density at radius 2 is 2.06 bits per heavy atom. The van der Waals surface area contributed by atoms with Crippen molar-refractivity contribution in [2.75, 3.05) is 6.61 Å². The zero-order chi connectivity index (χ0) is 12.8. The normalized spacial score (nSPS) is 42.8. The standard InChI is InChI=1S/C14H24O3/c1-5-17-11(16)8-9-12-13(2,3)7-6-10(15)14(9,12)4/h9-10,12,15H,5-8H2,1-4H3/t9-,10+,12?,14-/m0/s1. The molecule has 0 aromatic rings. The van der Waals surface area contributed by atoms with Gasteiger partial charge in [0, 0.05) is 11.8 Å². The average Bonchev–Trinajstić information content (AvgIpc) is 2.82. The van der Waals surface area contributed by atoms with Crippen molar-refractivity contribution in [3.8, 4) is 0 Å². The predicted octanol–water partition coefficient (Wildman–Crippen LogP) is 2.37. The van der Waals surface area contributed by atoms with Crippen LogP contribution < -0.4 is 0 Å². The van der Waals surface area contributed by atoms with Crippen molar-refractivity contribution in [1.82, 2.24) is 0 Å². The number of rotatable bonds is 3. The van der Waals surface area contributed by atoms with Crippen LogP contribution in [0.25, 0.3) is 0 Å². The summed E-state index contributed by atoms with van der Waals surface area (Å²) in [6.07, 6.45) is 2.13. The molecule has 0 aliphatic heterocycles. The lowest BCUT2D eigenvalue weighted by Gasteiger charge is -2.36. The van der Waals surface area contributed by atoms with Crippen molar-refractivity contribution in [1.29, 1.82) is 0 Å². The van der Waals surface area contributed by atoms with Crippen LogP contribution in [0.4, 0.5) is 0 Å². The number of esters is 1. The summed E-state index contributed by atoms with van der Waals surface area (Å²) in [5.74, 6) is 0.647. The topological polar surface area (TPSA) is 46.5 Å². The Bertz CT molecular complexity index is 323. The Morgan fingerprint density at radius 1 is 1.41 bits per heavy atom. The van der Waals surface area contributed by atoms with Gasteiger partial charge in [0.25, 0.3) is 0 Å². The molecule has 98 valence electrons. The van der Waals surface area contributed by atoms with E-state index in [4.69, 9.17) is 4.74 Å². The minimum Gasteiger partial charge on any atom is -0.466 e. The molecular weight excluding hydrogens is 216 g/mol. The first-order valence-electron chi connectivity index (χ1n) is 6.67. The number of aliphatic hydroxyl groups excluding tert-OH is 1. The molecule has 0 aromatic heterocycles. The summed E-state index contributed by atoms with van der Waals surface area (Å²) >= 11 is 0. The molecule has 0 aromatic carbocycles. The van der Waals surface area contributed by atoms with Gasteiger partial charge in [-0.25, -0.2) is 0 Å². The molecule has 2 saturated carbocycles.